The third kappa shape index (κ3) is 3.36. The van der Waals surface area contributed by atoms with Gasteiger partial charge >= 0.3 is 0 Å². The smallest absolute Gasteiger partial charge is 0.271 e. The standard InChI is InChI=1S/C21H19N3O2S/c1-2-23(12-15-8-4-3-5-9-15)18(25)13-24-14-22-19-16-10-6-7-11-17(16)27-20(19)21(24)26/h3-11,14H,2,12-13H2,1H3. The number of hydrogen-bond acceptors (Lipinski definition) is 4. The highest BCUT2D eigenvalue weighted by Gasteiger charge is 2.16. The zero-order valence-corrected chi connectivity index (χ0v) is 15.8. The van der Waals surface area contributed by atoms with Crippen molar-refractivity contribution in [2.75, 3.05) is 6.54 Å². The van der Waals surface area contributed by atoms with Crippen molar-refractivity contribution in [1.82, 2.24) is 14.5 Å². The number of aromatic nitrogens is 2. The largest absolute Gasteiger partial charge is 0.337 e. The summed E-state index contributed by atoms with van der Waals surface area (Å²) in [5, 5.41) is 0.979. The molecule has 0 saturated carbocycles. The maximum absolute atomic E-state index is 12.9. The Kier molecular flexibility index (Phi) is 4.73. The van der Waals surface area contributed by atoms with Crippen LogP contribution in [-0.4, -0.2) is 26.9 Å². The second-order valence-electron chi connectivity index (χ2n) is 6.35. The molecule has 0 bridgehead atoms. The van der Waals surface area contributed by atoms with Crippen molar-refractivity contribution in [2.24, 2.45) is 0 Å². The number of amides is 1. The molecule has 0 fully saturated rings. The molecule has 0 unspecified atom stereocenters. The second kappa shape index (κ2) is 7.32. The summed E-state index contributed by atoms with van der Waals surface area (Å²) in [4.78, 5) is 31.8. The number of nitrogens with zero attached hydrogens (tertiary/aromatic N) is 3. The van der Waals surface area contributed by atoms with Gasteiger partial charge in [-0.3, -0.25) is 14.2 Å². The van der Waals surface area contributed by atoms with E-state index in [-0.39, 0.29) is 18.0 Å². The Morgan fingerprint density at radius 1 is 1.11 bits per heavy atom. The monoisotopic (exact) mass is 377 g/mol. The van der Waals surface area contributed by atoms with E-state index in [2.05, 4.69) is 4.98 Å². The van der Waals surface area contributed by atoms with Crippen molar-refractivity contribution in [3.8, 4) is 0 Å². The van der Waals surface area contributed by atoms with Gasteiger partial charge in [-0.15, -0.1) is 11.3 Å². The van der Waals surface area contributed by atoms with Crippen LogP contribution in [0.25, 0.3) is 20.3 Å². The summed E-state index contributed by atoms with van der Waals surface area (Å²) in [7, 11) is 0. The zero-order valence-electron chi connectivity index (χ0n) is 15.0. The van der Waals surface area contributed by atoms with Crippen molar-refractivity contribution >= 4 is 37.5 Å². The van der Waals surface area contributed by atoms with Crippen LogP contribution < -0.4 is 5.56 Å². The first-order chi connectivity index (χ1) is 13.2. The minimum absolute atomic E-state index is 0.00328. The quantitative estimate of drug-likeness (QED) is 0.533. The second-order valence-corrected chi connectivity index (χ2v) is 7.40. The fraction of sp³-hybridized carbons (Fsp3) is 0.190. The van der Waals surface area contributed by atoms with Crippen LogP contribution >= 0.6 is 11.3 Å². The van der Waals surface area contributed by atoms with Crippen LogP contribution in [-0.2, 0) is 17.9 Å². The molecule has 0 aliphatic rings. The van der Waals surface area contributed by atoms with E-state index in [0.717, 1.165) is 15.6 Å². The summed E-state index contributed by atoms with van der Waals surface area (Å²) in [5.41, 5.74) is 1.62. The Bertz CT molecular complexity index is 1160. The van der Waals surface area contributed by atoms with Crippen LogP contribution in [0, 0.1) is 0 Å². The van der Waals surface area contributed by atoms with Gasteiger partial charge in [0.15, 0.2) is 0 Å². The van der Waals surface area contributed by atoms with E-state index < -0.39 is 0 Å². The highest BCUT2D eigenvalue weighted by atomic mass is 32.1. The number of likely N-dealkylation sites (N-methyl/N-ethyl adjacent to an activating group) is 1. The molecule has 0 N–H and O–H groups in total. The molecule has 0 aliphatic heterocycles. The van der Waals surface area contributed by atoms with Crippen molar-refractivity contribution in [2.45, 2.75) is 20.0 Å². The number of fused-ring (bicyclic) bond motifs is 3. The van der Waals surface area contributed by atoms with Gasteiger partial charge in [0.2, 0.25) is 5.91 Å². The summed E-state index contributed by atoms with van der Waals surface area (Å²) in [6, 6.07) is 17.7. The molecule has 0 aliphatic carbocycles. The lowest BCUT2D eigenvalue weighted by molar-refractivity contribution is -0.132. The van der Waals surface area contributed by atoms with Crippen molar-refractivity contribution in [3.63, 3.8) is 0 Å². The van der Waals surface area contributed by atoms with Gasteiger partial charge in [-0.1, -0.05) is 48.5 Å². The summed E-state index contributed by atoms with van der Waals surface area (Å²) < 4.78 is 3.03. The zero-order chi connectivity index (χ0) is 18.8. The lowest BCUT2D eigenvalue weighted by Gasteiger charge is -2.21. The number of hydrogen-bond donors (Lipinski definition) is 0. The van der Waals surface area contributed by atoms with E-state index in [4.69, 9.17) is 0 Å². The van der Waals surface area contributed by atoms with Gasteiger partial charge in [-0.05, 0) is 18.6 Å². The van der Waals surface area contributed by atoms with Crippen LogP contribution in [0.1, 0.15) is 12.5 Å². The third-order valence-corrected chi connectivity index (χ3v) is 5.75. The summed E-state index contributed by atoms with van der Waals surface area (Å²) in [5.74, 6) is -0.0919. The Labute approximate surface area is 160 Å². The number of benzene rings is 2. The van der Waals surface area contributed by atoms with E-state index in [1.807, 2.05) is 61.5 Å². The van der Waals surface area contributed by atoms with Gasteiger partial charge in [-0.2, -0.15) is 0 Å². The molecule has 5 nitrogen and oxygen atoms in total. The molecule has 4 rings (SSSR count). The first-order valence-corrected chi connectivity index (χ1v) is 9.67. The van der Waals surface area contributed by atoms with E-state index in [9.17, 15) is 9.59 Å². The molecular formula is C21H19N3O2S. The molecule has 6 heteroatoms. The molecule has 1 amide bonds. The van der Waals surface area contributed by atoms with E-state index in [1.54, 1.807) is 4.90 Å². The van der Waals surface area contributed by atoms with Gasteiger partial charge in [0, 0.05) is 23.2 Å². The van der Waals surface area contributed by atoms with Gasteiger partial charge in [-0.25, -0.2) is 4.98 Å². The molecule has 0 radical (unpaired) electrons. The molecule has 2 aromatic heterocycles. The van der Waals surface area contributed by atoms with Crippen molar-refractivity contribution in [3.05, 3.63) is 76.8 Å². The number of thiophene rings is 1. The number of rotatable bonds is 5. The molecule has 0 spiro atoms. The molecule has 0 saturated heterocycles. The van der Waals surface area contributed by atoms with Gasteiger partial charge in [0.1, 0.15) is 11.2 Å². The predicted molar refractivity (Wildman–Crippen MR) is 109 cm³/mol. The molecular weight excluding hydrogens is 358 g/mol. The molecule has 2 aromatic carbocycles. The molecule has 4 aromatic rings. The fourth-order valence-electron chi connectivity index (χ4n) is 3.15. The highest BCUT2D eigenvalue weighted by Crippen LogP contribution is 2.29. The van der Waals surface area contributed by atoms with Gasteiger partial charge in [0.25, 0.3) is 5.56 Å². The normalized spacial score (nSPS) is 11.1. The van der Waals surface area contributed by atoms with Crippen LogP contribution in [0.2, 0.25) is 0 Å². The predicted octanol–water partition coefficient (Wildman–Crippen LogP) is 3.66. The molecule has 0 atom stereocenters. The number of carbonyl (C=O) groups is 1. The van der Waals surface area contributed by atoms with E-state index >= 15 is 0 Å². The minimum Gasteiger partial charge on any atom is -0.337 e. The topological polar surface area (TPSA) is 55.2 Å². The maximum Gasteiger partial charge on any atom is 0.271 e. The van der Waals surface area contributed by atoms with Crippen LogP contribution in [0.15, 0.2) is 65.7 Å². The highest BCUT2D eigenvalue weighted by molar-refractivity contribution is 7.25. The minimum atomic E-state index is -0.162. The van der Waals surface area contributed by atoms with Gasteiger partial charge in [0.05, 0.1) is 11.8 Å². The Morgan fingerprint density at radius 3 is 2.63 bits per heavy atom. The first-order valence-electron chi connectivity index (χ1n) is 8.85. The lowest BCUT2D eigenvalue weighted by Crippen LogP contribution is -2.36. The maximum atomic E-state index is 12.9. The lowest BCUT2D eigenvalue weighted by atomic mass is 10.2. The van der Waals surface area contributed by atoms with E-state index in [1.165, 1.54) is 22.2 Å². The average molecular weight is 377 g/mol. The average Bonchev–Trinajstić information content (AvgIpc) is 3.08. The molecule has 2 heterocycles. The molecule has 136 valence electrons. The summed E-state index contributed by atoms with van der Waals surface area (Å²) in [6.45, 7) is 3.05. The van der Waals surface area contributed by atoms with E-state index in [0.29, 0.717) is 23.3 Å². The van der Waals surface area contributed by atoms with Crippen LogP contribution in [0.4, 0.5) is 0 Å². The van der Waals surface area contributed by atoms with Crippen molar-refractivity contribution < 1.29 is 4.79 Å². The molecule has 27 heavy (non-hydrogen) atoms. The number of carbonyl (C=O) groups excluding carboxylic acids is 1. The third-order valence-electron chi connectivity index (χ3n) is 4.61. The Morgan fingerprint density at radius 2 is 1.85 bits per heavy atom. The van der Waals surface area contributed by atoms with Crippen LogP contribution in [0.5, 0.6) is 0 Å². The van der Waals surface area contributed by atoms with Crippen LogP contribution in [0.3, 0.4) is 0 Å². The van der Waals surface area contributed by atoms with Gasteiger partial charge < -0.3 is 4.90 Å². The van der Waals surface area contributed by atoms with Crippen molar-refractivity contribution in [1.29, 1.82) is 0 Å². The Hall–Kier alpha value is -2.99. The fourth-order valence-corrected chi connectivity index (χ4v) is 4.26. The Balaban J connectivity index is 1.62. The first kappa shape index (κ1) is 17.4. The summed E-state index contributed by atoms with van der Waals surface area (Å²) in [6.07, 6.45) is 1.48. The summed E-state index contributed by atoms with van der Waals surface area (Å²) >= 11 is 1.43. The SMILES string of the molecule is CCN(Cc1ccccc1)C(=O)Cn1cnc2c(sc3ccccc32)c1=O.